The Bertz CT molecular complexity index is 1060. The second-order valence-corrected chi connectivity index (χ2v) is 5.68. The number of hydrogen-bond donors (Lipinski definition) is 1. The molecule has 1 amide bonds. The van der Waals surface area contributed by atoms with E-state index in [4.69, 9.17) is 16.9 Å². The number of carbonyl (C=O) groups excluding carboxylic acids is 1. The number of halogens is 4. The van der Waals surface area contributed by atoms with Gasteiger partial charge in [-0.15, -0.1) is 0 Å². The molecule has 0 aliphatic rings. The van der Waals surface area contributed by atoms with E-state index >= 15 is 0 Å². The van der Waals surface area contributed by atoms with Crippen LogP contribution in [0.3, 0.4) is 0 Å². The maximum Gasteiger partial charge on any atom is 0.434 e. The Hall–Kier alpha value is -3.38. The van der Waals surface area contributed by atoms with Gasteiger partial charge in [-0.1, -0.05) is 17.7 Å². The van der Waals surface area contributed by atoms with Crippen LogP contribution in [0.15, 0.2) is 48.8 Å². The van der Waals surface area contributed by atoms with Crippen LogP contribution in [0.5, 0.6) is 0 Å². The number of aromatic nitrogens is 3. The maximum atomic E-state index is 13.6. The van der Waals surface area contributed by atoms with Gasteiger partial charge in [-0.2, -0.15) is 23.5 Å². The SMILES string of the molecule is N#Cc1cccc(NC(=O)c2cnn(-c3ncccc3Cl)c2C(F)(F)F)c1. The highest BCUT2D eigenvalue weighted by molar-refractivity contribution is 6.32. The molecular formula is C17H9ClF3N5O. The predicted octanol–water partition coefficient (Wildman–Crippen LogP) is 4.06. The van der Waals surface area contributed by atoms with E-state index in [0.717, 1.165) is 6.20 Å². The molecule has 1 N–H and O–H groups in total. The molecule has 10 heteroatoms. The van der Waals surface area contributed by atoms with Crippen LogP contribution in [0.2, 0.25) is 5.02 Å². The monoisotopic (exact) mass is 391 g/mol. The Kier molecular flexibility index (Phi) is 4.83. The second-order valence-electron chi connectivity index (χ2n) is 5.27. The lowest BCUT2D eigenvalue weighted by atomic mass is 10.2. The summed E-state index contributed by atoms with van der Waals surface area (Å²) in [7, 11) is 0. The van der Waals surface area contributed by atoms with Crippen molar-refractivity contribution in [2.75, 3.05) is 5.32 Å². The molecule has 6 nitrogen and oxygen atoms in total. The molecule has 0 aliphatic carbocycles. The van der Waals surface area contributed by atoms with Gasteiger partial charge in [-0.25, -0.2) is 9.67 Å². The Morgan fingerprint density at radius 1 is 1.26 bits per heavy atom. The van der Waals surface area contributed by atoms with Crippen molar-refractivity contribution in [2.45, 2.75) is 6.18 Å². The minimum absolute atomic E-state index is 0.0558. The van der Waals surface area contributed by atoms with Crippen molar-refractivity contribution in [3.8, 4) is 11.9 Å². The van der Waals surface area contributed by atoms with Crippen LogP contribution in [0, 0.1) is 11.3 Å². The Balaban J connectivity index is 2.04. The third-order valence-electron chi connectivity index (χ3n) is 3.47. The van der Waals surface area contributed by atoms with Gasteiger partial charge in [0.15, 0.2) is 11.5 Å². The number of rotatable bonds is 3. The molecule has 0 atom stereocenters. The number of amides is 1. The van der Waals surface area contributed by atoms with Gasteiger partial charge >= 0.3 is 6.18 Å². The van der Waals surface area contributed by atoms with E-state index in [1.165, 1.54) is 42.6 Å². The molecule has 0 saturated carbocycles. The quantitative estimate of drug-likeness (QED) is 0.729. The van der Waals surface area contributed by atoms with Crippen molar-refractivity contribution in [2.24, 2.45) is 0 Å². The smallest absolute Gasteiger partial charge is 0.322 e. The zero-order valence-corrected chi connectivity index (χ0v) is 14.1. The molecule has 3 aromatic rings. The largest absolute Gasteiger partial charge is 0.434 e. The molecule has 0 fully saturated rings. The van der Waals surface area contributed by atoms with Crippen LogP contribution in [0.1, 0.15) is 21.6 Å². The molecule has 1 aromatic carbocycles. The highest BCUT2D eigenvalue weighted by Gasteiger charge is 2.41. The third-order valence-corrected chi connectivity index (χ3v) is 3.77. The summed E-state index contributed by atoms with van der Waals surface area (Å²) in [6, 6.07) is 10.5. The Morgan fingerprint density at radius 3 is 2.70 bits per heavy atom. The van der Waals surface area contributed by atoms with E-state index in [1.54, 1.807) is 0 Å². The lowest BCUT2D eigenvalue weighted by Gasteiger charge is -2.13. The summed E-state index contributed by atoms with van der Waals surface area (Å²) < 4.78 is 41.3. The van der Waals surface area contributed by atoms with Gasteiger partial charge in [0.1, 0.15) is 0 Å². The molecule has 136 valence electrons. The number of nitriles is 1. The van der Waals surface area contributed by atoms with E-state index < -0.39 is 23.3 Å². The summed E-state index contributed by atoms with van der Waals surface area (Å²) in [5, 5.41) is 14.8. The maximum absolute atomic E-state index is 13.6. The van der Waals surface area contributed by atoms with Crippen LogP contribution >= 0.6 is 11.6 Å². The minimum Gasteiger partial charge on any atom is -0.322 e. The van der Waals surface area contributed by atoms with Gasteiger partial charge in [-0.05, 0) is 30.3 Å². The van der Waals surface area contributed by atoms with Crippen LogP contribution < -0.4 is 5.32 Å². The Morgan fingerprint density at radius 2 is 2.04 bits per heavy atom. The lowest BCUT2D eigenvalue weighted by Crippen LogP contribution is -2.21. The molecule has 0 spiro atoms. The first kappa shape index (κ1) is 18.4. The predicted molar refractivity (Wildman–Crippen MR) is 90.5 cm³/mol. The van der Waals surface area contributed by atoms with Gasteiger partial charge in [0, 0.05) is 11.9 Å². The number of carbonyl (C=O) groups is 1. The van der Waals surface area contributed by atoms with E-state index in [9.17, 15) is 18.0 Å². The fourth-order valence-electron chi connectivity index (χ4n) is 2.35. The molecule has 2 aromatic heterocycles. The summed E-state index contributed by atoms with van der Waals surface area (Å²) in [5.74, 6) is -1.28. The lowest BCUT2D eigenvalue weighted by molar-refractivity contribution is -0.143. The molecular weight excluding hydrogens is 383 g/mol. The topological polar surface area (TPSA) is 83.6 Å². The van der Waals surface area contributed by atoms with Crippen LogP contribution in [0.25, 0.3) is 5.82 Å². The molecule has 0 saturated heterocycles. The summed E-state index contributed by atoms with van der Waals surface area (Å²) in [6.45, 7) is 0. The summed E-state index contributed by atoms with van der Waals surface area (Å²) in [5.41, 5.74) is -1.58. The van der Waals surface area contributed by atoms with Gasteiger partial charge in [0.05, 0.1) is 28.4 Å². The molecule has 0 aliphatic heterocycles. The van der Waals surface area contributed by atoms with Crippen molar-refractivity contribution in [1.29, 1.82) is 5.26 Å². The second kappa shape index (κ2) is 7.09. The number of pyridine rings is 1. The van der Waals surface area contributed by atoms with Crippen molar-refractivity contribution < 1.29 is 18.0 Å². The van der Waals surface area contributed by atoms with Crippen LogP contribution in [0.4, 0.5) is 18.9 Å². The van der Waals surface area contributed by atoms with Crippen LogP contribution in [-0.2, 0) is 6.18 Å². The minimum atomic E-state index is -4.89. The summed E-state index contributed by atoms with van der Waals surface area (Å²) in [6.07, 6.45) is -2.84. The molecule has 0 bridgehead atoms. The number of nitrogens with zero attached hydrogens (tertiary/aromatic N) is 4. The van der Waals surface area contributed by atoms with E-state index in [1.807, 2.05) is 6.07 Å². The fourth-order valence-corrected chi connectivity index (χ4v) is 2.55. The summed E-state index contributed by atoms with van der Waals surface area (Å²) in [4.78, 5) is 16.2. The van der Waals surface area contributed by atoms with Crippen molar-refractivity contribution in [1.82, 2.24) is 14.8 Å². The standard InChI is InChI=1S/C17H9ClF3N5O/c18-13-5-2-6-23-15(13)26-14(17(19,20)21)12(9-24-26)16(27)25-11-4-1-3-10(7-11)8-22/h1-7,9H,(H,25,27). The van der Waals surface area contributed by atoms with Gasteiger partial charge < -0.3 is 5.32 Å². The molecule has 27 heavy (non-hydrogen) atoms. The number of alkyl halides is 3. The van der Waals surface area contributed by atoms with E-state index in [0.29, 0.717) is 4.68 Å². The van der Waals surface area contributed by atoms with Gasteiger partial charge in [0.2, 0.25) is 0 Å². The van der Waals surface area contributed by atoms with Crippen LogP contribution in [-0.4, -0.2) is 20.7 Å². The zero-order chi connectivity index (χ0) is 19.6. The summed E-state index contributed by atoms with van der Waals surface area (Å²) >= 11 is 5.91. The Labute approximate surface area is 155 Å². The first-order valence-corrected chi connectivity index (χ1v) is 7.76. The third kappa shape index (κ3) is 3.75. The number of anilines is 1. The number of hydrogen-bond acceptors (Lipinski definition) is 4. The van der Waals surface area contributed by atoms with E-state index in [-0.39, 0.29) is 22.1 Å². The number of nitrogens with one attached hydrogen (secondary N) is 1. The fraction of sp³-hybridized carbons (Fsp3) is 0.0588. The molecule has 2 heterocycles. The molecule has 0 unspecified atom stereocenters. The molecule has 3 rings (SSSR count). The average Bonchev–Trinajstić information content (AvgIpc) is 3.07. The van der Waals surface area contributed by atoms with Gasteiger partial charge in [0.25, 0.3) is 5.91 Å². The highest BCUT2D eigenvalue weighted by Crippen LogP contribution is 2.34. The average molecular weight is 392 g/mol. The van der Waals surface area contributed by atoms with Crippen molar-refractivity contribution in [3.63, 3.8) is 0 Å². The van der Waals surface area contributed by atoms with Gasteiger partial charge in [-0.3, -0.25) is 4.79 Å². The zero-order valence-electron chi connectivity index (χ0n) is 13.3. The number of benzene rings is 1. The first-order chi connectivity index (χ1) is 12.8. The first-order valence-electron chi connectivity index (χ1n) is 7.39. The normalized spacial score (nSPS) is 11.1. The molecule has 0 radical (unpaired) electrons. The highest BCUT2D eigenvalue weighted by atomic mass is 35.5. The van der Waals surface area contributed by atoms with Crippen molar-refractivity contribution >= 4 is 23.2 Å². The van der Waals surface area contributed by atoms with Crippen molar-refractivity contribution in [3.05, 3.63) is 70.6 Å². The van der Waals surface area contributed by atoms with E-state index in [2.05, 4.69) is 15.4 Å².